The zero-order chi connectivity index (χ0) is 9.90. The van der Waals surface area contributed by atoms with Crippen molar-refractivity contribution < 1.29 is 18.9 Å². The van der Waals surface area contributed by atoms with Crippen molar-refractivity contribution in [2.24, 2.45) is 5.73 Å². The second kappa shape index (κ2) is 3.89. The van der Waals surface area contributed by atoms with Crippen LogP contribution in [0.1, 0.15) is 5.56 Å². The summed E-state index contributed by atoms with van der Waals surface area (Å²) in [6.07, 6.45) is 0. The molecule has 0 aromatic heterocycles. The van der Waals surface area contributed by atoms with Crippen molar-refractivity contribution in [1.82, 2.24) is 0 Å². The van der Waals surface area contributed by atoms with E-state index in [9.17, 15) is 4.57 Å². The highest BCUT2D eigenvalue weighted by atomic mass is 31.2. The predicted octanol–water partition coefficient (Wildman–Crippen LogP) is 0.617. The molecule has 4 N–H and O–H groups in total. The normalized spacial score (nSPS) is 11.3. The lowest BCUT2D eigenvalue weighted by Crippen LogP contribution is -1.97. The molecule has 0 amide bonds. The first-order chi connectivity index (χ1) is 6.01. The van der Waals surface area contributed by atoms with Crippen LogP contribution in [-0.4, -0.2) is 9.79 Å². The third-order valence-corrected chi connectivity index (χ3v) is 1.81. The molecule has 5 nitrogen and oxygen atoms in total. The fourth-order valence-electron chi connectivity index (χ4n) is 0.867. The molecule has 0 aliphatic carbocycles. The minimum atomic E-state index is -4.46. The summed E-state index contributed by atoms with van der Waals surface area (Å²) >= 11 is 0. The zero-order valence-electron chi connectivity index (χ0n) is 6.75. The number of phosphoric ester groups is 1. The smallest absolute Gasteiger partial charge is 0.404 e. The SMILES string of the molecule is NCc1cccc(OP(=O)(O)O)c1. The van der Waals surface area contributed by atoms with Gasteiger partial charge in [-0.1, -0.05) is 12.1 Å². The molecule has 1 aromatic carbocycles. The van der Waals surface area contributed by atoms with E-state index in [0.717, 1.165) is 5.56 Å². The Morgan fingerprint density at radius 3 is 2.69 bits per heavy atom. The van der Waals surface area contributed by atoms with Crippen LogP contribution in [0.3, 0.4) is 0 Å². The fraction of sp³-hybridized carbons (Fsp3) is 0.143. The second-order valence-corrected chi connectivity index (χ2v) is 3.60. The summed E-state index contributed by atoms with van der Waals surface area (Å²) in [7, 11) is -4.46. The van der Waals surface area contributed by atoms with Gasteiger partial charge in [0.2, 0.25) is 0 Å². The van der Waals surface area contributed by atoms with Gasteiger partial charge in [0.25, 0.3) is 0 Å². The number of hydrogen-bond acceptors (Lipinski definition) is 3. The Bertz CT molecular complexity index is 335. The molecule has 1 aromatic rings. The molecule has 6 heteroatoms. The molecule has 0 aliphatic rings. The van der Waals surface area contributed by atoms with Crippen LogP contribution in [0.25, 0.3) is 0 Å². The monoisotopic (exact) mass is 203 g/mol. The van der Waals surface area contributed by atoms with E-state index in [2.05, 4.69) is 4.52 Å². The highest BCUT2D eigenvalue weighted by molar-refractivity contribution is 7.46. The topological polar surface area (TPSA) is 92.8 Å². The van der Waals surface area contributed by atoms with E-state index in [0.29, 0.717) is 6.54 Å². The summed E-state index contributed by atoms with van der Waals surface area (Å²) in [5.41, 5.74) is 6.09. The number of phosphoric acid groups is 1. The maximum atomic E-state index is 10.4. The van der Waals surface area contributed by atoms with Gasteiger partial charge in [0, 0.05) is 6.54 Å². The van der Waals surface area contributed by atoms with Gasteiger partial charge in [0.15, 0.2) is 0 Å². The third-order valence-electron chi connectivity index (χ3n) is 1.36. The van der Waals surface area contributed by atoms with Crippen LogP contribution in [0.5, 0.6) is 5.75 Å². The Labute approximate surface area is 75.4 Å². The Morgan fingerprint density at radius 1 is 1.46 bits per heavy atom. The van der Waals surface area contributed by atoms with Gasteiger partial charge in [0.05, 0.1) is 0 Å². The molecule has 0 saturated heterocycles. The highest BCUT2D eigenvalue weighted by Gasteiger charge is 2.15. The number of rotatable bonds is 3. The molecule has 13 heavy (non-hydrogen) atoms. The van der Waals surface area contributed by atoms with Crippen LogP contribution in [0.4, 0.5) is 0 Å². The molecule has 0 aliphatic heterocycles. The molecule has 0 bridgehead atoms. The molecule has 0 saturated carbocycles. The van der Waals surface area contributed by atoms with E-state index in [1.54, 1.807) is 12.1 Å². The molecule has 0 unspecified atom stereocenters. The highest BCUT2D eigenvalue weighted by Crippen LogP contribution is 2.37. The van der Waals surface area contributed by atoms with Crippen molar-refractivity contribution in [2.75, 3.05) is 0 Å². The van der Waals surface area contributed by atoms with Crippen molar-refractivity contribution in [1.29, 1.82) is 0 Å². The lowest BCUT2D eigenvalue weighted by Gasteiger charge is -2.07. The van der Waals surface area contributed by atoms with Crippen LogP contribution in [0, 0.1) is 0 Å². The van der Waals surface area contributed by atoms with Crippen molar-refractivity contribution in [3.05, 3.63) is 29.8 Å². The van der Waals surface area contributed by atoms with Crippen molar-refractivity contribution in [2.45, 2.75) is 6.54 Å². The molecule has 0 heterocycles. The van der Waals surface area contributed by atoms with E-state index >= 15 is 0 Å². The molecular formula is C7H10NO4P. The summed E-state index contributed by atoms with van der Waals surface area (Å²) in [6, 6.07) is 6.30. The van der Waals surface area contributed by atoms with Gasteiger partial charge < -0.3 is 10.3 Å². The van der Waals surface area contributed by atoms with Crippen LogP contribution >= 0.6 is 7.82 Å². The van der Waals surface area contributed by atoms with Gasteiger partial charge in [-0.15, -0.1) is 0 Å². The van der Waals surface area contributed by atoms with Crippen LogP contribution < -0.4 is 10.3 Å². The average molecular weight is 203 g/mol. The maximum absolute atomic E-state index is 10.4. The van der Waals surface area contributed by atoms with Gasteiger partial charge in [0.1, 0.15) is 5.75 Å². The molecule has 0 fully saturated rings. The van der Waals surface area contributed by atoms with E-state index < -0.39 is 7.82 Å². The van der Waals surface area contributed by atoms with Gasteiger partial charge in [-0.25, -0.2) is 4.57 Å². The summed E-state index contributed by atoms with van der Waals surface area (Å²) in [6.45, 7) is 0.304. The molecule has 1 rings (SSSR count). The van der Waals surface area contributed by atoms with E-state index in [-0.39, 0.29) is 5.75 Å². The first-order valence-corrected chi connectivity index (χ1v) is 5.08. The fourth-order valence-corrected chi connectivity index (χ4v) is 1.25. The van der Waals surface area contributed by atoms with E-state index in [1.807, 2.05) is 0 Å². The summed E-state index contributed by atoms with van der Waals surface area (Å²) in [4.78, 5) is 17.0. The van der Waals surface area contributed by atoms with Crippen molar-refractivity contribution >= 4 is 7.82 Å². The standard InChI is InChI=1S/C7H10NO4P/c8-5-6-2-1-3-7(4-6)12-13(9,10)11/h1-4H,5,8H2,(H2,9,10,11). The minimum Gasteiger partial charge on any atom is -0.404 e. The summed E-state index contributed by atoms with van der Waals surface area (Å²) in [5.74, 6) is 0.122. The molecule has 0 atom stereocenters. The van der Waals surface area contributed by atoms with Gasteiger partial charge in [-0.2, -0.15) is 0 Å². The Kier molecular flexibility index (Phi) is 3.06. The molecule has 72 valence electrons. The number of nitrogens with two attached hydrogens (primary N) is 1. The van der Waals surface area contributed by atoms with Gasteiger partial charge >= 0.3 is 7.82 Å². The van der Waals surface area contributed by atoms with Crippen molar-refractivity contribution in [3.63, 3.8) is 0 Å². The quantitative estimate of drug-likeness (QED) is 0.626. The summed E-state index contributed by atoms with van der Waals surface area (Å²) in [5, 5.41) is 0. The molecule has 0 spiro atoms. The van der Waals surface area contributed by atoms with Crippen LogP contribution in [0.15, 0.2) is 24.3 Å². The average Bonchev–Trinajstić information content (AvgIpc) is 2.01. The summed E-state index contributed by atoms with van der Waals surface area (Å²) < 4.78 is 14.8. The van der Waals surface area contributed by atoms with Gasteiger partial charge in [-0.3, -0.25) is 9.79 Å². The minimum absolute atomic E-state index is 0.122. The van der Waals surface area contributed by atoms with Crippen LogP contribution in [0.2, 0.25) is 0 Å². The first kappa shape index (κ1) is 10.2. The van der Waals surface area contributed by atoms with Crippen LogP contribution in [-0.2, 0) is 11.1 Å². The third kappa shape index (κ3) is 3.57. The van der Waals surface area contributed by atoms with Gasteiger partial charge in [-0.05, 0) is 17.7 Å². The van der Waals surface area contributed by atoms with E-state index in [1.165, 1.54) is 12.1 Å². The van der Waals surface area contributed by atoms with E-state index in [4.69, 9.17) is 15.5 Å². The zero-order valence-corrected chi connectivity index (χ0v) is 7.65. The van der Waals surface area contributed by atoms with Crippen molar-refractivity contribution in [3.8, 4) is 5.75 Å². The number of hydrogen-bond donors (Lipinski definition) is 3. The molecular weight excluding hydrogens is 193 g/mol. The lowest BCUT2D eigenvalue weighted by molar-refractivity contribution is 0.283. The lowest BCUT2D eigenvalue weighted by atomic mass is 10.2. The second-order valence-electron chi connectivity index (χ2n) is 2.43. The predicted molar refractivity (Wildman–Crippen MR) is 47.0 cm³/mol. The molecule has 0 radical (unpaired) electrons. The maximum Gasteiger partial charge on any atom is 0.524 e. The Hall–Kier alpha value is -0.870. The Balaban J connectivity index is 2.84. The largest absolute Gasteiger partial charge is 0.524 e. The number of benzene rings is 1. The first-order valence-electron chi connectivity index (χ1n) is 3.55. The Morgan fingerprint density at radius 2 is 2.15 bits per heavy atom.